The molecule has 0 saturated heterocycles. The Morgan fingerprint density at radius 1 is 0.897 bits per heavy atom. The van der Waals surface area contributed by atoms with Crippen molar-refractivity contribution in [3.63, 3.8) is 0 Å². The van der Waals surface area contributed by atoms with Crippen LogP contribution in [0.15, 0.2) is 66.7 Å². The highest BCUT2D eigenvalue weighted by Crippen LogP contribution is 2.25. The van der Waals surface area contributed by atoms with Gasteiger partial charge in [0, 0.05) is 5.39 Å². The molecule has 0 aromatic heterocycles. The summed E-state index contributed by atoms with van der Waals surface area (Å²) in [6.45, 7) is 2.57. The predicted octanol–water partition coefficient (Wildman–Crippen LogP) is 2.84. The molecule has 10 nitrogen and oxygen atoms in total. The summed E-state index contributed by atoms with van der Waals surface area (Å²) < 4.78 is 11.1. The van der Waals surface area contributed by atoms with E-state index in [-0.39, 0.29) is 12.5 Å². The molecule has 202 valence electrons. The van der Waals surface area contributed by atoms with Gasteiger partial charge in [-0.3, -0.25) is 19.2 Å². The number of fused-ring (bicyclic) bond motifs is 1. The van der Waals surface area contributed by atoms with Gasteiger partial charge in [0.05, 0.1) is 18.1 Å². The molecule has 0 aliphatic heterocycles. The maximum atomic E-state index is 13.0. The third-order valence-electron chi connectivity index (χ3n) is 5.82. The highest BCUT2D eigenvalue weighted by Gasteiger charge is 2.30. The third kappa shape index (κ3) is 8.30. The number of rotatable bonds is 13. The molecule has 3 aromatic carbocycles. The second-order valence-electron chi connectivity index (χ2n) is 9.11. The van der Waals surface area contributed by atoms with Crippen molar-refractivity contribution in [2.45, 2.75) is 32.4 Å². The van der Waals surface area contributed by atoms with Crippen LogP contribution in [0.4, 0.5) is 0 Å². The number of nitrogens with zero attached hydrogens (tertiary/aromatic N) is 1. The van der Waals surface area contributed by atoms with E-state index in [0.29, 0.717) is 17.1 Å². The minimum Gasteiger partial charge on any atom is -0.486 e. The van der Waals surface area contributed by atoms with Gasteiger partial charge in [0.25, 0.3) is 5.91 Å². The average Bonchev–Trinajstić information content (AvgIpc) is 2.92. The molecule has 0 spiro atoms. The van der Waals surface area contributed by atoms with Gasteiger partial charge in [0.2, 0.25) is 5.91 Å². The van der Waals surface area contributed by atoms with E-state index in [9.17, 15) is 24.3 Å². The van der Waals surface area contributed by atoms with E-state index in [2.05, 4.69) is 10.6 Å². The van der Waals surface area contributed by atoms with Crippen molar-refractivity contribution in [2.24, 2.45) is 5.92 Å². The first kappa shape index (κ1) is 28.7. The fourth-order valence-electron chi connectivity index (χ4n) is 3.78. The maximum absolute atomic E-state index is 13.0. The normalized spacial score (nSPS) is 12.2. The lowest BCUT2D eigenvalue weighted by atomic mass is 10.0. The fraction of sp³-hybridized carbons (Fsp3) is 0.276. The van der Waals surface area contributed by atoms with E-state index in [1.54, 1.807) is 19.9 Å². The van der Waals surface area contributed by atoms with Crippen molar-refractivity contribution in [1.82, 2.24) is 10.6 Å². The SMILES string of the molecule is CC(C)[C@H](NC(=O)COc1cccc2ccccc12)C(=O)N[C@@H](CC(=O)O)C(=O)COc1ccc(C#N)cc1. The zero-order chi connectivity index (χ0) is 28.4. The zero-order valence-corrected chi connectivity index (χ0v) is 21.5. The van der Waals surface area contributed by atoms with Gasteiger partial charge in [-0.05, 0) is 41.6 Å². The molecule has 0 radical (unpaired) electrons. The number of benzene rings is 3. The van der Waals surface area contributed by atoms with Gasteiger partial charge in [-0.25, -0.2) is 0 Å². The lowest BCUT2D eigenvalue weighted by molar-refractivity contribution is -0.141. The van der Waals surface area contributed by atoms with Crippen LogP contribution in [-0.2, 0) is 19.2 Å². The lowest BCUT2D eigenvalue weighted by Gasteiger charge is -2.24. The predicted molar refractivity (Wildman–Crippen MR) is 142 cm³/mol. The van der Waals surface area contributed by atoms with Crippen LogP contribution in [0.1, 0.15) is 25.8 Å². The number of carbonyl (C=O) groups is 4. The summed E-state index contributed by atoms with van der Waals surface area (Å²) >= 11 is 0. The van der Waals surface area contributed by atoms with Gasteiger partial charge in [0.15, 0.2) is 12.4 Å². The molecule has 2 atom stereocenters. The van der Waals surface area contributed by atoms with Crippen LogP contribution in [0, 0.1) is 17.2 Å². The number of ketones is 1. The van der Waals surface area contributed by atoms with Gasteiger partial charge in [-0.2, -0.15) is 5.26 Å². The number of carboxylic acids is 1. The molecule has 0 unspecified atom stereocenters. The molecular weight excluding hydrogens is 502 g/mol. The van der Waals surface area contributed by atoms with E-state index in [4.69, 9.17) is 14.7 Å². The Labute approximate surface area is 225 Å². The number of hydrogen-bond acceptors (Lipinski definition) is 7. The quantitative estimate of drug-likeness (QED) is 0.304. The first-order chi connectivity index (χ1) is 18.7. The number of aliphatic carboxylic acids is 1. The second-order valence-corrected chi connectivity index (χ2v) is 9.11. The monoisotopic (exact) mass is 531 g/mol. The van der Waals surface area contributed by atoms with E-state index in [0.717, 1.165) is 10.8 Å². The number of nitrogens with one attached hydrogen (secondary N) is 2. The van der Waals surface area contributed by atoms with Crippen molar-refractivity contribution in [1.29, 1.82) is 5.26 Å². The molecule has 3 N–H and O–H groups in total. The highest BCUT2D eigenvalue weighted by molar-refractivity contribution is 5.95. The molecule has 0 fully saturated rings. The smallest absolute Gasteiger partial charge is 0.305 e. The van der Waals surface area contributed by atoms with Crippen LogP contribution in [0.2, 0.25) is 0 Å². The van der Waals surface area contributed by atoms with Crippen molar-refractivity contribution in [3.8, 4) is 17.6 Å². The summed E-state index contributed by atoms with van der Waals surface area (Å²) in [5.74, 6) is -2.76. The molecule has 0 aliphatic carbocycles. The van der Waals surface area contributed by atoms with E-state index in [1.807, 2.05) is 42.5 Å². The summed E-state index contributed by atoms with van der Waals surface area (Å²) in [6, 6.07) is 18.6. The zero-order valence-electron chi connectivity index (χ0n) is 21.5. The molecule has 39 heavy (non-hydrogen) atoms. The standard InChI is InChI=1S/C29H29N3O7/c1-18(2)28(32-26(34)17-39-25-9-5-7-20-6-3-4-8-22(20)25)29(37)31-23(14-27(35)36)24(33)16-38-21-12-10-19(15-30)11-13-21/h3-13,18,23,28H,14,16-17H2,1-2H3,(H,31,37)(H,32,34)(H,35,36)/t23-,28-/m0/s1. The molecule has 3 rings (SSSR count). The average molecular weight is 532 g/mol. The number of Topliss-reactive ketones (excluding diaryl/α,β-unsaturated/α-hetero) is 1. The molecule has 3 aromatic rings. The molecule has 0 aliphatic rings. The third-order valence-corrected chi connectivity index (χ3v) is 5.82. The van der Waals surface area contributed by atoms with Gasteiger partial charge in [-0.1, -0.05) is 50.2 Å². The maximum Gasteiger partial charge on any atom is 0.305 e. The fourth-order valence-corrected chi connectivity index (χ4v) is 3.78. The summed E-state index contributed by atoms with van der Waals surface area (Å²) in [5, 5.41) is 25.0. The Bertz CT molecular complexity index is 1370. The van der Waals surface area contributed by atoms with Crippen LogP contribution >= 0.6 is 0 Å². The Balaban J connectivity index is 1.61. The van der Waals surface area contributed by atoms with Crippen molar-refractivity contribution in [2.75, 3.05) is 13.2 Å². The summed E-state index contributed by atoms with van der Waals surface area (Å²) in [6.07, 6.45) is -0.662. The molecule has 0 saturated carbocycles. The first-order valence-electron chi connectivity index (χ1n) is 12.3. The minimum atomic E-state index is -1.38. The van der Waals surface area contributed by atoms with Gasteiger partial charge < -0.3 is 25.2 Å². The van der Waals surface area contributed by atoms with E-state index < -0.39 is 48.7 Å². The number of amides is 2. The number of carboxylic acid groups (broad SMARTS) is 1. The van der Waals surface area contributed by atoms with Crippen LogP contribution in [-0.4, -0.2) is 54.0 Å². The molecule has 2 amide bonds. The number of hydrogen-bond donors (Lipinski definition) is 3. The number of carbonyl (C=O) groups excluding carboxylic acids is 3. The Morgan fingerprint density at radius 3 is 2.26 bits per heavy atom. The van der Waals surface area contributed by atoms with Crippen molar-refractivity contribution < 1.29 is 33.8 Å². The molecule has 0 heterocycles. The Kier molecular flexibility index (Phi) is 9.98. The van der Waals surface area contributed by atoms with Gasteiger partial charge in [0.1, 0.15) is 30.2 Å². The van der Waals surface area contributed by atoms with Crippen LogP contribution in [0.25, 0.3) is 10.8 Å². The number of nitriles is 1. The van der Waals surface area contributed by atoms with Crippen molar-refractivity contribution in [3.05, 3.63) is 72.3 Å². The van der Waals surface area contributed by atoms with Crippen LogP contribution in [0.5, 0.6) is 11.5 Å². The first-order valence-corrected chi connectivity index (χ1v) is 12.3. The van der Waals surface area contributed by atoms with E-state index in [1.165, 1.54) is 24.3 Å². The van der Waals surface area contributed by atoms with Crippen LogP contribution < -0.4 is 20.1 Å². The Hall–Kier alpha value is -4.91. The second kappa shape index (κ2) is 13.6. The van der Waals surface area contributed by atoms with Gasteiger partial charge >= 0.3 is 5.97 Å². The lowest BCUT2D eigenvalue weighted by Crippen LogP contribution is -2.55. The van der Waals surface area contributed by atoms with Crippen LogP contribution in [0.3, 0.4) is 0 Å². The summed E-state index contributed by atoms with van der Waals surface area (Å²) in [4.78, 5) is 49.8. The highest BCUT2D eigenvalue weighted by atomic mass is 16.5. The van der Waals surface area contributed by atoms with Gasteiger partial charge in [-0.15, -0.1) is 0 Å². The van der Waals surface area contributed by atoms with E-state index >= 15 is 0 Å². The Morgan fingerprint density at radius 2 is 1.59 bits per heavy atom. The summed E-state index contributed by atoms with van der Waals surface area (Å²) in [7, 11) is 0. The van der Waals surface area contributed by atoms with Crippen molar-refractivity contribution >= 4 is 34.3 Å². The summed E-state index contributed by atoms with van der Waals surface area (Å²) in [5.41, 5.74) is 0.411. The molecular formula is C29H29N3O7. The molecule has 10 heteroatoms. The number of ether oxygens (including phenoxy) is 2. The molecule has 0 bridgehead atoms. The largest absolute Gasteiger partial charge is 0.486 e. The minimum absolute atomic E-state index is 0.307. The topological polar surface area (TPSA) is 155 Å².